The molecule has 3 aromatic carbocycles. The Bertz CT molecular complexity index is 1750. The van der Waals surface area contributed by atoms with Gasteiger partial charge in [-0.2, -0.15) is 0 Å². The number of nitrogens with one attached hydrogen (secondary N) is 1. The number of amides is 1. The second-order valence-electron chi connectivity index (χ2n) is 9.77. The Morgan fingerprint density at radius 2 is 1.81 bits per heavy atom. The summed E-state index contributed by atoms with van der Waals surface area (Å²) in [5.74, 6) is -0.0576. The Morgan fingerprint density at radius 3 is 2.49 bits per heavy atom. The van der Waals surface area contributed by atoms with Crippen molar-refractivity contribution in [3.63, 3.8) is 0 Å². The normalized spacial score (nSPS) is 12.3. The Hall–Kier alpha value is -4.18. The van der Waals surface area contributed by atoms with E-state index < -0.39 is 27.5 Å². The summed E-state index contributed by atoms with van der Waals surface area (Å²) >= 11 is 0. The third kappa shape index (κ3) is 4.44. The number of aromatic nitrogens is 3. The summed E-state index contributed by atoms with van der Waals surface area (Å²) in [6.07, 6.45) is 0.449. The Labute approximate surface area is 213 Å². The molecule has 37 heavy (non-hydrogen) atoms. The van der Waals surface area contributed by atoms with Gasteiger partial charge in [-0.05, 0) is 68.8 Å². The number of imidazole rings is 1. The summed E-state index contributed by atoms with van der Waals surface area (Å²) in [6, 6.07) is 17.5. The molecule has 0 saturated heterocycles. The second-order valence-corrected chi connectivity index (χ2v) is 11.6. The molecule has 0 radical (unpaired) electrons. The molecule has 8 nitrogen and oxygen atoms in total. The van der Waals surface area contributed by atoms with Gasteiger partial charge in [-0.1, -0.05) is 24.3 Å². The molecule has 5 rings (SSSR count). The maximum Gasteiger partial charge on any atom is 0.408 e. The lowest BCUT2D eigenvalue weighted by Gasteiger charge is -2.32. The highest BCUT2D eigenvalue weighted by Gasteiger charge is 2.27. The number of fused-ring (bicyclic) bond motifs is 2. The van der Waals surface area contributed by atoms with E-state index in [1.165, 1.54) is 35.4 Å². The quantitative estimate of drug-likeness (QED) is 0.303. The standard InChI is InChI=1S/C27H25FN4O4S/c1-27(2,3)31(26(33)34)16-25-29-22-12-9-17(13-23(22)30-25)21-15-32(24-14-18(28)10-11-20(21)24)37(35,36)19-7-5-4-6-8-19/h4-15H,16H2,1-3H3,(H,29,30)(H,33,34). The molecule has 0 fully saturated rings. The zero-order valence-corrected chi connectivity index (χ0v) is 21.3. The van der Waals surface area contributed by atoms with Crippen LogP contribution >= 0.6 is 0 Å². The van der Waals surface area contributed by atoms with Crippen LogP contribution in [0.4, 0.5) is 9.18 Å². The largest absolute Gasteiger partial charge is 0.465 e. The molecule has 5 aromatic rings. The van der Waals surface area contributed by atoms with Crippen molar-refractivity contribution in [3.05, 3.63) is 84.6 Å². The molecule has 2 aromatic heterocycles. The van der Waals surface area contributed by atoms with Crippen LogP contribution in [0.25, 0.3) is 33.1 Å². The average molecular weight is 521 g/mol. The lowest BCUT2D eigenvalue weighted by Crippen LogP contribution is -2.44. The molecule has 10 heteroatoms. The fourth-order valence-electron chi connectivity index (χ4n) is 4.35. The van der Waals surface area contributed by atoms with E-state index in [1.54, 1.807) is 30.3 Å². The van der Waals surface area contributed by atoms with E-state index in [-0.39, 0.29) is 17.0 Å². The molecule has 0 aliphatic carbocycles. The van der Waals surface area contributed by atoms with Crippen LogP contribution in [-0.2, 0) is 16.6 Å². The summed E-state index contributed by atoms with van der Waals surface area (Å²) in [4.78, 5) is 20.8. The van der Waals surface area contributed by atoms with Crippen molar-refractivity contribution in [2.45, 2.75) is 37.8 Å². The summed E-state index contributed by atoms with van der Waals surface area (Å²) < 4.78 is 42.2. The van der Waals surface area contributed by atoms with Gasteiger partial charge in [0.05, 0.1) is 28.0 Å². The van der Waals surface area contributed by atoms with E-state index in [9.17, 15) is 22.7 Å². The molecule has 0 unspecified atom stereocenters. The number of rotatable bonds is 5. The van der Waals surface area contributed by atoms with Gasteiger partial charge in [0, 0.05) is 22.7 Å². The van der Waals surface area contributed by atoms with Gasteiger partial charge in [0.25, 0.3) is 10.0 Å². The monoisotopic (exact) mass is 520 g/mol. The van der Waals surface area contributed by atoms with Crippen molar-refractivity contribution in [2.24, 2.45) is 0 Å². The smallest absolute Gasteiger partial charge is 0.408 e. The van der Waals surface area contributed by atoms with Crippen molar-refractivity contribution >= 4 is 38.1 Å². The van der Waals surface area contributed by atoms with Gasteiger partial charge in [0.15, 0.2) is 0 Å². The summed E-state index contributed by atoms with van der Waals surface area (Å²) in [5, 5.41) is 10.2. The van der Waals surface area contributed by atoms with Crippen LogP contribution in [0.3, 0.4) is 0 Å². The van der Waals surface area contributed by atoms with Crippen molar-refractivity contribution in [3.8, 4) is 11.1 Å². The van der Waals surface area contributed by atoms with Gasteiger partial charge in [0.2, 0.25) is 0 Å². The number of halogens is 1. The highest BCUT2D eigenvalue weighted by molar-refractivity contribution is 7.90. The van der Waals surface area contributed by atoms with Crippen LogP contribution in [0.1, 0.15) is 26.6 Å². The zero-order chi connectivity index (χ0) is 26.5. The SMILES string of the molecule is CC(C)(C)N(Cc1nc2ccc(-c3cn(S(=O)(=O)c4ccccc4)c4cc(F)ccc34)cc2[nH]1)C(=O)O. The van der Waals surface area contributed by atoms with Crippen molar-refractivity contribution in [1.82, 2.24) is 18.8 Å². The lowest BCUT2D eigenvalue weighted by atomic mass is 10.0. The Balaban J connectivity index is 1.62. The number of carboxylic acid groups (broad SMARTS) is 1. The molecular formula is C27H25FN4O4S. The average Bonchev–Trinajstić information content (AvgIpc) is 3.42. The molecule has 190 valence electrons. The molecule has 2 N–H and O–H groups in total. The second kappa shape index (κ2) is 8.74. The van der Waals surface area contributed by atoms with E-state index in [0.29, 0.717) is 33.4 Å². The fourth-order valence-corrected chi connectivity index (χ4v) is 5.73. The van der Waals surface area contributed by atoms with Crippen LogP contribution in [0.5, 0.6) is 0 Å². The third-order valence-electron chi connectivity index (χ3n) is 6.22. The molecule has 2 heterocycles. The van der Waals surface area contributed by atoms with E-state index in [4.69, 9.17) is 0 Å². The van der Waals surface area contributed by atoms with Gasteiger partial charge in [-0.3, -0.25) is 4.90 Å². The van der Waals surface area contributed by atoms with Crippen LogP contribution in [-0.4, -0.2) is 44.0 Å². The van der Waals surface area contributed by atoms with Crippen LogP contribution < -0.4 is 0 Å². The molecular weight excluding hydrogens is 495 g/mol. The molecule has 0 aliphatic rings. The summed E-state index contributed by atoms with van der Waals surface area (Å²) in [5.41, 5.74) is 2.23. The number of carbonyl (C=O) groups is 1. The fraction of sp³-hybridized carbons (Fsp3) is 0.185. The van der Waals surface area contributed by atoms with Crippen LogP contribution in [0.15, 0.2) is 77.8 Å². The zero-order valence-electron chi connectivity index (χ0n) is 20.4. The maximum absolute atomic E-state index is 14.2. The molecule has 0 atom stereocenters. The number of hydrogen-bond donors (Lipinski definition) is 2. The number of aromatic amines is 1. The van der Waals surface area contributed by atoms with E-state index in [1.807, 2.05) is 32.9 Å². The minimum absolute atomic E-state index is 0.0801. The topological polar surface area (TPSA) is 108 Å². The first-order valence-electron chi connectivity index (χ1n) is 11.6. The Kier molecular flexibility index (Phi) is 5.79. The molecule has 0 aliphatic heterocycles. The maximum atomic E-state index is 14.2. The van der Waals surface area contributed by atoms with E-state index in [0.717, 1.165) is 3.97 Å². The predicted octanol–water partition coefficient (Wildman–Crippen LogP) is 5.84. The van der Waals surface area contributed by atoms with Crippen molar-refractivity contribution in [2.75, 3.05) is 0 Å². The number of hydrogen-bond acceptors (Lipinski definition) is 4. The van der Waals surface area contributed by atoms with Gasteiger partial charge in [-0.15, -0.1) is 0 Å². The molecule has 0 saturated carbocycles. The van der Waals surface area contributed by atoms with Gasteiger partial charge < -0.3 is 10.1 Å². The first-order valence-corrected chi connectivity index (χ1v) is 13.0. The number of benzene rings is 3. The first-order chi connectivity index (χ1) is 17.4. The third-order valence-corrected chi connectivity index (χ3v) is 7.91. The molecule has 1 amide bonds. The molecule has 0 bridgehead atoms. The van der Waals surface area contributed by atoms with Gasteiger partial charge in [-0.25, -0.2) is 26.6 Å². The van der Waals surface area contributed by atoms with E-state index >= 15 is 0 Å². The predicted molar refractivity (Wildman–Crippen MR) is 139 cm³/mol. The van der Waals surface area contributed by atoms with Gasteiger partial charge in [0.1, 0.15) is 11.6 Å². The van der Waals surface area contributed by atoms with E-state index in [2.05, 4.69) is 9.97 Å². The number of H-pyrrole nitrogens is 1. The highest BCUT2D eigenvalue weighted by Crippen LogP contribution is 2.35. The van der Waals surface area contributed by atoms with Crippen molar-refractivity contribution < 1.29 is 22.7 Å². The first kappa shape index (κ1) is 24.5. The highest BCUT2D eigenvalue weighted by atomic mass is 32.2. The summed E-state index contributed by atoms with van der Waals surface area (Å²) in [7, 11) is -3.97. The van der Waals surface area contributed by atoms with Gasteiger partial charge >= 0.3 is 6.09 Å². The van der Waals surface area contributed by atoms with Crippen molar-refractivity contribution in [1.29, 1.82) is 0 Å². The minimum atomic E-state index is -3.97. The molecule has 0 spiro atoms. The van der Waals surface area contributed by atoms with Crippen LogP contribution in [0.2, 0.25) is 0 Å². The Morgan fingerprint density at radius 1 is 1.08 bits per heavy atom. The van der Waals surface area contributed by atoms with Crippen LogP contribution in [0, 0.1) is 5.82 Å². The number of nitrogens with zero attached hydrogens (tertiary/aromatic N) is 3. The minimum Gasteiger partial charge on any atom is -0.465 e. The summed E-state index contributed by atoms with van der Waals surface area (Å²) in [6.45, 7) is 5.51. The lowest BCUT2D eigenvalue weighted by molar-refractivity contribution is 0.0940.